The van der Waals surface area contributed by atoms with Crippen molar-refractivity contribution in [1.29, 1.82) is 0 Å². The van der Waals surface area contributed by atoms with Crippen LogP contribution in [0.15, 0.2) is 0 Å². The molecule has 2 aromatic heterocycles. The van der Waals surface area contributed by atoms with Crippen LogP contribution in [0.3, 0.4) is 0 Å². The van der Waals surface area contributed by atoms with Crippen LogP contribution in [-0.2, 0) is 11.3 Å². The van der Waals surface area contributed by atoms with Gasteiger partial charge < -0.3 is 10.5 Å². The van der Waals surface area contributed by atoms with E-state index in [2.05, 4.69) is 15.3 Å². The third kappa shape index (κ3) is 2.25. The Bertz CT molecular complexity index is 516. The molecule has 1 saturated carbocycles. The molecule has 18 heavy (non-hydrogen) atoms. The maximum Gasteiger partial charge on any atom is 0.234 e. The van der Waals surface area contributed by atoms with Crippen molar-refractivity contribution >= 4 is 16.3 Å². The molecule has 0 atom stereocenters. The van der Waals surface area contributed by atoms with Crippen LogP contribution in [0, 0.1) is 0 Å². The van der Waals surface area contributed by atoms with Crippen molar-refractivity contribution in [3.8, 4) is 0 Å². The second-order valence-electron chi connectivity index (χ2n) is 4.57. The minimum Gasteiger partial charge on any atom is -0.373 e. The fourth-order valence-corrected chi connectivity index (χ4v) is 3.19. The van der Waals surface area contributed by atoms with Gasteiger partial charge in [-0.15, -0.1) is 10.2 Å². The number of ether oxygens (including phenoxy) is 1. The van der Waals surface area contributed by atoms with E-state index < -0.39 is 0 Å². The summed E-state index contributed by atoms with van der Waals surface area (Å²) >= 11 is 1.54. The number of hydrogen-bond acceptors (Lipinski definition) is 6. The third-order valence-electron chi connectivity index (χ3n) is 3.26. The summed E-state index contributed by atoms with van der Waals surface area (Å²) in [6.07, 6.45) is 4.99. The van der Waals surface area contributed by atoms with Crippen molar-refractivity contribution in [2.24, 2.45) is 5.73 Å². The van der Waals surface area contributed by atoms with Crippen molar-refractivity contribution in [1.82, 2.24) is 19.8 Å². The lowest BCUT2D eigenvalue weighted by Crippen LogP contribution is -2.08. The lowest BCUT2D eigenvalue weighted by molar-refractivity contribution is 0.127. The van der Waals surface area contributed by atoms with Crippen LogP contribution in [0.5, 0.6) is 0 Å². The van der Waals surface area contributed by atoms with Crippen molar-refractivity contribution in [3.05, 3.63) is 10.8 Å². The standard InChI is InChI=1S/C11H17N5OS/c12-5-6-17-7-9-15-16-10(8-3-1-2-4-8)13-14-11(16)18-9/h8H,1-7,12H2. The monoisotopic (exact) mass is 267 g/mol. The van der Waals surface area contributed by atoms with E-state index in [-0.39, 0.29) is 0 Å². The zero-order valence-electron chi connectivity index (χ0n) is 10.2. The number of rotatable bonds is 5. The number of aromatic nitrogens is 4. The highest BCUT2D eigenvalue weighted by Crippen LogP contribution is 2.33. The highest BCUT2D eigenvalue weighted by Gasteiger charge is 2.23. The quantitative estimate of drug-likeness (QED) is 0.827. The number of nitrogens with two attached hydrogens (primary N) is 1. The molecule has 1 aliphatic carbocycles. The number of nitrogens with zero attached hydrogens (tertiary/aromatic N) is 4. The summed E-state index contributed by atoms with van der Waals surface area (Å²) in [5.74, 6) is 1.55. The first-order chi connectivity index (χ1) is 8.88. The van der Waals surface area contributed by atoms with Crippen molar-refractivity contribution in [3.63, 3.8) is 0 Å². The van der Waals surface area contributed by atoms with E-state index in [1.54, 1.807) is 0 Å². The average Bonchev–Trinajstić information content (AvgIpc) is 3.03. The van der Waals surface area contributed by atoms with Gasteiger partial charge in [0.2, 0.25) is 4.96 Å². The Morgan fingerprint density at radius 3 is 2.94 bits per heavy atom. The van der Waals surface area contributed by atoms with E-state index >= 15 is 0 Å². The largest absolute Gasteiger partial charge is 0.373 e. The van der Waals surface area contributed by atoms with Crippen LogP contribution in [0.1, 0.15) is 42.4 Å². The minimum atomic E-state index is 0.509. The SMILES string of the molecule is NCCOCc1nn2c(C3CCCC3)nnc2s1. The minimum absolute atomic E-state index is 0.509. The summed E-state index contributed by atoms with van der Waals surface area (Å²) < 4.78 is 7.29. The highest BCUT2D eigenvalue weighted by molar-refractivity contribution is 7.16. The molecule has 0 amide bonds. The molecule has 0 unspecified atom stereocenters. The van der Waals surface area contributed by atoms with Crippen LogP contribution in [0.25, 0.3) is 4.96 Å². The fraction of sp³-hybridized carbons (Fsp3) is 0.727. The molecule has 0 aromatic carbocycles. The van der Waals surface area contributed by atoms with Crippen LogP contribution >= 0.6 is 11.3 Å². The Kier molecular flexibility index (Phi) is 3.53. The molecule has 0 saturated heterocycles. The van der Waals surface area contributed by atoms with E-state index in [1.165, 1.54) is 37.0 Å². The lowest BCUT2D eigenvalue weighted by Gasteiger charge is -2.03. The molecule has 0 bridgehead atoms. The molecule has 2 aromatic rings. The summed E-state index contributed by atoms with van der Waals surface area (Å²) in [5.41, 5.74) is 5.39. The number of fused-ring (bicyclic) bond motifs is 1. The van der Waals surface area contributed by atoms with Crippen LogP contribution in [0.4, 0.5) is 0 Å². The summed E-state index contributed by atoms with van der Waals surface area (Å²) in [5, 5.41) is 13.9. The fourth-order valence-electron chi connectivity index (χ4n) is 2.41. The van der Waals surface area contributed by atoms with E-state index in [4.69, 9.17) is 10.5 Å². The Morgan fingerprint density at radius 1 is 1.33 bits per heavy atom. The second kappa shape index (κ2) is 5.29. The maximum absolute atomic E-state index is 5.39. The molecule has 2 heterocycles. The molecule has 0 spiro atoms. The van der Waals surface area contributed by atoms with Crippen LogP contribution in [0.2, 0.25) is 0 Å². The van der Waals surface area contributed by atoms with Crippen molar-refractivity contribution < 1.29 is 4.74 Å². The first kappa shape index (κ1) is 12.0. The molecule has 0 radical (unpaired) electrons. The molecular formula is C11H17N5OS. The van der Waals surface area contributed by atoms with Gasteiger partial charge in [0, 0.05) is 12.5 Å². The normalized spacial score (nSPS) is 16.9. The Labute approximate surface area is 109 Å². The van der Waals surface area contributed by atoms with Gasteiger partial charge in [0.1, 0.15) is 11.6 Å². The van der Waals surface area contributed by atoms with Gasteiger partial charge in [-0.1, -0.05) is 24.2 Å². The van der Waals surface area contributed by atoms with Crippen molar-refractivity contribution in [2.45, 2.75) is 38.2 Å². The molecule has 3 rings (SSSR count). The van der Waals surface area contributed by atoms with Gasteiger partial charge in [0.05, 0.1) is 6.61 Å². The molecule has 2 N–H and O–H groups in total. The lowest BCUT2D eigenvalue weighted by atomic mass is 10.1. The van der Waals surface area contributed by atoms with Gasteiger partial charge in [-0.3, -0.25) is 0 Å². The van der Waals surface area contributed by atoms with E-state index in [0.717, 1.165) is 15.8 Å². The Morgan fingerprint density at radius 2 is 2.17 bits per heavy atom. The molecule has 1 aliphatic rings. The highest BCUT2D eigenvalue weighted by atomic mass is 32.1. The number of hydrogen-bond donors (Lipinski definition) is 1. The van der Waals surface area contributed by atoms with Gasteiger partial charge in [0.25, 0.3) is 0 Å². The third-order valence-corrected chi connectivity index (χ3v) is 4.14. The zero-order valence-corrected chi connectivity index (χ0v) is 11.0. The van der Waals surface area contributed by atoms with E-state index in [1.807, 2.05) is 4.52 Å². The predicted molar refractivity (Wildman–Crippen MR) is 68.6 cm³/mol. The smallest absolute Gasteiger partial charge is 0.234 e. The van der Waals surface area contributed by atoms with Gasteiger partial charge in [0.15, 0.2) is 5.82 Å². The summed E-state index contributed by atoms with van der Waals surface area (Å²) in [4.78, 5) is 0.864. The van der Waals surface area contributed by atoms with E-state index in [0.29, 0.717) is 25.7 Å². The Hall–Kier alpha value is -1.05. The van der Waals surface area contributed by atoms with Crippen LogP contribution < -0.4 is 5.73 Å². The van der Waals surface area contributed by atoms with Gasteiger partial charge in [-0.25, -0.2) is 0 Å². The summed E-state index contributed by atoms with van der Waals surface area (Å²) in [6.45, 7) is 1.61. The molecule has 98 valence electrons. The first-order valence-corrected chi connectivity index (χ1v) is 7.19. The first-order valence-electron chi connectivity index (χ1n) is 6.37. The maximum atomic E-state index is 5.39. The molecular weight excluding hydrogens is 250 g/mol. The van der Waals surface area contributed by atoms with E-state index in [9.17, 15) is 0 Å². The Balaban J connectivity index is 1.79. The molecule has 1 fully saturated rings. The van der Waals surface area contributed by atoms with Crippen LogP contribution in [-0.4, -0.2) is 33.0 Å². The topological polar surface area (TPSA) is 78.3 Å². The predicted octanol–water partition coefficient (Wildman–Crippen LogP) is 1.32. The van der Waals surface area contributed by atoms with Gasteiger partial charge in [-0.05, 0) is 12.8 Å². The van der Waals surface area contributed by atoms with Gasteiger partial charge in [-0.2, -0.15) is 9.61 Å². The molecule has 6 nitrogen and oxygen atoms in total. The van der Waals surface area contributed by atoms with Crippen molar-refractivity contribution in [2.75, 3.05) is 13.2 Å². The van der Waals surface area contributed by atoms with Gasteiger partial charge >= 0.3 is 0 Å². The summed E-state index contributed by atoms with van der Waals surface area (Å²) in [7, 11) is 0. The average molecular weight is 267 g/mol. The molecule has 7 heteroatoms. The zero-order chi connectivity index (χ0) is 12.4. The summed E-state index contributed by atoms with van der Waals surface area (Å²) in [6, 6.07) is 0. The second-order valence-corrected chi connectivity index (χ2v) is 5.61. The molecule has 0 aliphatic heterocycles.